The minimum atomic E-state index is -4.00. The molecular formula is C19H30NNaO6S4. The Balaban J connectivity index is 0. The molecule has 1 aromatic rings. The summed E-state index contributed by atoms with van der Waals surface area (Å²) < 4.78 is 34.2. The van der Waals surface area contributed by atoms with E-state index in [2.05, 4.69) is 17.9 Å². The minimum absolute atomic E-state index is 0. The van der Waals surface area contributed by atoms with Gasteiger partial charge in [0.2, 0.25) is 0 Å². The summed E-state index contributed by atoms with van der Waals surface area (Å²) in [6, 6.07) is 8.94. The van der Waals surface area contributed by atoms with Crippen molar-refractivity contribution >= 4 is 55.3 Å². The number of thiol groups is 1. The fourth-order valence-corrected chi connectivity index (χ4v) is 5.20. The second-order valence-electron chi connectivity index (χ2n) is 7.22. The van der Waals surface area contributed by atoms with E-state index in [1.54, 1.807) is 20.8 Å². The van der Waals surface area contributed by atoms with Crippen LogP contribution in [0.25, 0.3) is 0 Å². The number of Topliss-reactive ketones (excluding diaryl/α,β-unsaturated/α-hetero) is 1. The largest absolute Gasteiger partial charge is 1.00 e. The van der Waals surface area contributed by atoms with Crippen LogP contribution in [0.15, 0.2) is 30.3 Å². The fourth-order valence-electron chi connectivity index (χ4n) is 2.26. The summed E-state index contributed by atoms with van der Waals surface area (Å²) in [4.78, 5) is 24.3. The Kier molecular flexibility index (Phi) is 16.9. The molecule has 0 heterocycles. The van der Waals surface area contributed by atoms with Gasteiger partial charge in [-0.25, -0.2) is 13.2 Å². The molecule has 0 aromatic heterocycles. The Morgan fingerprint density at radius 2 is 1.77 bits per heavy atom. The third-order valence-corrected chi connectivity index (χ3v) is 7.69. The molecule has 0 aliphatic carbocycles. The van der Waals surface area contributed by atoms with Crippen molar-refractivity contribution in [2.45, 2.75) is 51.5 Å². The van der Waals surface area contributed by atoms with E-state index in [1.165, 1.54) is 6.92 Å². The van der Waals surface area contributed by atoms with E-state index in [0.717, 1.165) is 11.3 Å². The van der Waals surface area contributed by atoms with Crippen LogP contribution < -0.4 is 34.9 Å². The van der Waals surface area contributed by atoms with Gasteiger partial charge in [-0.1, -0.05) is 48.4 Å². The van der Waals surface area contributed by atoms with Gasteiger partial charge in [0.25, 0.3) is 0 Å². The predicted molar refractivity (Wildman–Crippen MR) is 127 cm³/mol. The van der Waals surface area contributed by atoms with Crippen LogP contribution in [0.3, 0.4) is 0 Å². The molecule has 172 valence electrons. The van der Waals surface area contributed by atoms with Crippen LogP contribution in [0, 0.1) is 0 Å². The SMILES string of the molecule is CCS(=S)[C@H](c1ccccc1)[C@H](NC(=O)OC(C)(C)C)C(C)=O.O=S(=O)([O-])CCS.[Na+]. The average Bonchev–Trinajstić information content (AvgIpc) is 2.59. The van der Waals surface area contributed by atoms with Crippen molar-refractivity contribution < 1.29 is 56.9 Å². The molecule has 0 bridgehead atoms. The van der Waals surface area contributed by atoms with Crippen LogP contribution in [0.1, 0.15) is 45.4 Å². The van der Waals surface area contributed by atoms with Crippen molar-refractivity contribution in [3.8, 4) is 0 Å². The fraction of sp³-hybridized carbons (Fsp3) is 0.579. The summed E-state index contributed by atoms with van der Waals surface area (Å²) in [5.74, 6) is 0.358. The first kappa shape index (κ1) is 33.2. The standard InChI is InChI=1S/C17H25NO3S2.C2H6O3S2.Na/c1-6-23(22)15(13-10-8-7-9-11-13)14(12(2)19)18-16(20)21-17(3,4)5;3-7(4,5)2-1-6;/h7-11,14-15H,6H2,1-5H3,(H,18,20);6H,1-2H2,(H,3,4,5);/q;;+1/p-1/t14-,15-,23?;;/m1../s1. The molecule has 31 heavy (non-hydrogen) atoms. The number of amides is 1. The minimum Gasteiger partial charge on any atom is -0.748 e. The van der Waals surface area contributed by atoms with E-state index in [4.69, 9.17) is 15.9 Å². The second kappa shape index (κ2) is 15.8. The number of carbonyl (C=O) groups is 2. The molecule has 0 saturated heterocycles. The number of ketones is 1. The molecule has 0 fully saturated rings. The number of rotatable bonds is 8. The normalized spacial score (nSPS) is 14.0. The van der Waals surface area contributed by atoms with E-state index in [0.29, 0.717) is 0 Å². The van der Waals surface area contributed by atoms with Crippen molar-refractivity contribution in [1.82, 2.24) is 5.32 Å². The molecule has 0 radical (unpaired) electrons. The van der Waals surface area contributed by atoms with Gasteiger partial charge in [0, 0.05) is 11.5 Å². The van der Waals surface area contributed by atoms with E-state index in [-0.39, 0.29) is 52.1 Å². The number of hydrogen-bond acceptors (Lipinski definition) is 8. The third kappa shape index (κ3) is 15.5. The summed E-state index contributed by atoms with van der Waals surface area (Å²) in [5, 5.41) is 2.48. The van der Waals surface area contributed by atoms with Gasteiger partial charge in [0.1, 0.15) is 11.6 Å². The summed E-state index contributed by atoms with van der Waals surface area (Å²) in [6.07, 6.45) is -0.596. The predicted octanol–water partition coefficient (Wildman–Crippen LogP) is -0.224. The maximum atomic E-state index is 12.2. The summed E-state index contributed by atoms with van der Waals surface area (Å²) in [7, 11) is -4.46. The summed E-state index contributed by atoms with van der Waals surface area (Å²) in [6.45, 7) is 8.83. The van der Waals surface area contributed by atoms with Gasteiger partial charge >= 0.3 is 35.7 Å². The molecule has 1 N–H and O–H groups in total. The topological polar surface area (TPSA) is 113 Å². The van der Waals surface area contributed by atoms with Crippen molar-refractivity contribution in [1.29, 1.82) is 0 Å². The van der Waals surface area contributed by atoms with Gasteiger partial charge in [-0.2, -0.15) is 12.6 Å². The molecule has 1 aromatic carbocycles. The zero-order chi connectivity index (χ0) is 23.5. The van der Waals surface area contributed by atoms with Gasteiger partial charge in [-0.05, 0) is 39.0 Å². The number of alkyl carbamates (subject to hydrolysis) is 1. The van der Waals surface area contributed by atoms with Crippen LogP contribution in [0.2, 0.25) is 0 Å². The van der Waals surface area contributed by atoms with E-state index >= 15 is 0 Å². The quantitative estimate of drug-likeness (QED) is 0.277. The van der Waals surface area contributed by atoms with Gasteiger partial charge < -0.3 is 14.6 Å². The molecule has 0 aliphatic rings. The van der Waals surface area contributed by atoms with E-state index < -0.39 is 37.3 Å². The van der Waals surface area contributed by atoms with Crippen molar-refractivity contribution in [2.75, 3.05) is 17.3 Å². The molecule has 0 saturated carbocycles. The third-order valence-electron chi connectivity index (χ3n) is 3.45. The number of benzene rings is 1. The number of hydrogen-bond donors (Lipinski definition) is 2. The monoisotopic (exact) mass is 519 g/mol. The molecular weight excluding hydrogens is 489 g/mol. The van der Waals surface area contributed by atoms with E-state index in [1.807, 2.05) is 37.3 Å². The first-order valence-corrected chi connectivity index (χ1v) is 13.8. The van der Waals surface area contributed by atoms with Crippen molar-refractivity contribution in [2.24, 2.45) is 0 Å². The van der Waals surface area contributed by atoms with Crippen molar-refractivity contribution in [3.63, 3.8) is 0 Å². The van der Waals surface area contributed by atoms with Gasteiger partial charge in [0.15, 0.2) is 5.78 Å². The molecule has 0 spiro atoms. The molecule has 1 rings (SSSR count). The zero-order valence-corrected chi connectivity index (χ0v) is 24.1. The Bertz CT molecular complexity index is 812. The smallest absolute Gasteiger partial charge is 0.748 e. The molecule has 1 amide bonds. The Morgan fingerprint density at radius 1 is 1.26 bits per heavy atom. The molecule has 1 unspecified atom stereocenters. The molecule has 12 heteroatoms. The summed E-state index contributed by atoms with van der Waals surface area (Å²) >= 11 is 9.12. The first-order chi connectivity index (χ1) is 13.7. The maximum absolute atomic E-state index is 12.2. The average molecular weight is 520 g/mol. The van der Waals surface area contributed by atoms with Crippen LogP contribution >= 0.6 is 12.6 Å². The van der Waals surface area contributed by atoms with Crippen LogP contribution in [0.5, 0.6) is 0 Å². The van der Waals surface area contributed by atoms with Crippen LogP contribution in [0.4, 0.5) is 4.79 Å². The molecule has 0 aliphatic heterocycles. The van der Waals surface area contributed by atoms with Crippen LogP contribution in [-0.2, 0) is 40.3 Å². The Morgan fingerprint density at radius 3 is 2.10 bits per heavy atom. The van der Waals surface area contributed by atoms with Gasteiger partial charge in [-0.3, -0.25) is 4.79 Å². The Labute approximate surface area is 220 Å². The zero-order valence-electron chi connectivity index (χ0n) is 18.8. The van der Waals surface area contributed by atoms with E-state index in [9.17, 15) is 22.6 Å². The van der Waals surface area contributed by atoms with Crippen molar-refractivity contribution in [3.05, 3.63) is 35.9 Å². The van der Waals surface area contributed by atoms with Gasteiger partial charge in [0.05, 0.1) is 15.4 Å². The van der Waals surface area contributed by atoms with Gasteiger partial charge in [-0.15, -0.1) is 9.45 Å². The second-order valence-corrected chi connectivity index (χ2v) is 12.3. The van der Waals surface area contributed by atoms with Crippen LogP contribution in [-0.4, -0.2) is 53.7 Å². The summed E-state index contributed by atoms with van der Waals surface area (Å²) in [5.41, 5.74) is 0.345. The maximum Gasteiger partial charge on any atom is 1.00 e. The number of carbonyl (C=O) groups excluding carboxylic acids is 2. The number of nitrogens with one attached hydrogen (secondary N) is 1. The Hall–Kier alpha value is -0.01000. The number of ether oxygens (including phenoxy) is 1. The molecule has 3 atom stereocenters. The first-order valence-electron chi connectivity index (χ1n) is 9.18. The molecule has 7 nitrogen and oxygen atoms in total.